The van der Waals surface area contributed by atoms with Crippen molar-refractivity contribution in [3.05, 3.63) is 23.8 Å². The molecule has 0 aliphatic carbocycles. The standard InChI is InChI=1S/C29H42N4O9/c1-16(2)40-20-14-18(24(36)41-17(3)15-32(11)26(38)31(9)10)12-13-19(20)30-23(35)21(22(34)28(4,5)6)33-25(37)29(7,8)42-27(33)39/h12-14,16-17,21H,15H2,1-11H3,(H,30,35). The molecule has 2 unspecified atom stereocenters. The summed E-state index contributed by atoms with van der Waals surface area (Å²) in [4.78, 5) is 80.9. The molecule has 2 rings (SSSR count). The van der Waals surface area contributed by atoms with Gasteiger partial charge < -0.3 is 29.3 Å². The van der Waals surface area contributed by atoms with E-state index in [-0.39, 0.29) is 35.7 Å². The van der Waals surface area contributed by atoms with E-state index in [1.807, 2.05) is 0 Å². The molecule has 0 bridgehead atoms. The minimum atomic E-state index is -1.81. The lowest BCUT2D eigenvalue weighted by molar-refractivity contribution is -0.145. The van der Waals surface area contributed by atoms with Crippen LogP contribution in [0.2, 0.25) is 0 Å². The van der Waals surface area contributed by atoms with Gasteiger partial charge in [0.1, 0.15) is 11.9 Å². The van der Waals surface area contributed by atoms with Crippen LogP contribution in [0.15, 0.2) is 18.2 Å². The predicted octanol–water partition coefficient (Wildman–Crippen LogP) is 3.31. The molecule has 2 atom stereocenters. The lowest BCUT2D eigenvalue weighted by Crippen LogP contribution is -2.55. The van der Waals surface area contributed by atoms with Crippen LogP contribution >= 0.6 is 0 Å². The first kappa shape index (κ1) is 34.0. The molecule has 5 amide bonds. The van der Waals surface area contributed by atoms with E-state index in [9.17, 15) is 28.8 Å². The molecule has 1 saturated heterocycles. The van der Waals surface area contributed by atoms with E-state index >= 15 is 0 Å². The van der Waals surface area contributed by atoms with Crippen LogP contribution in [0.4, 0.5) is 15.3 Å². The molecule has 0 spiro atoms. The van der Waals surface area contributed by atoms with E-state index in [2.05, 4.69) is 5.32 Å². The largest absolute Gasteiger partial charge is 0.489 e. The Morgan fingerprint density at radius 1 is 1.05 bits per heavy atom. The summed E-state index contributed by atoms with van der Waals surface area (Å²) in [5.41, 5.74) is -2.43. The molecule has 0 saturated carbocycles. The summed E-state index contributed by atoms with van der Waals surface area (Å²) in [5, 5.41) is 2.58. The van der Waals surface area contributed by atoms with Crippen molar-refractivity contribution in [2.45, 2.75) is 79.2 Å². The van der Waals surface area contributed by atoms with Crippen molar-refractivity contribution >= 4 is 41.4 Å². The van der Waals surface area contributed by atoms with Gasteiger partial charge in [-0.15, -0.1) is 0 Å². The van der Waals surface area contributed by atoms with Crippen LogP contribution in [0, 0.1) is 5.41 Å². The number of nitrogens with one attached hydrogen (secondary N) is 1. The number of nitrogens with zero attached hydrogens (tertiary/aromatic N) is 3. The number of likely N-dealkylation sites (N-methyl/N-ethyl adjacent to an activating group) is 1. The molecule has 1 aliphatic heterocycles. The summed E-state index contributed by atoms with van der Waals surface area (Å²) < 4.78 is 16.5. The molecule has 42 heavy (non-hydrogen) atoms. The van der Waals surface area contributed by atoms with Crippen LogP contribution in [0.3, 0.4) is 0 Å². The molecular formula is C29H42N4O9. The Labute approximate surface area is 246 Å². The second kappa shape index (κ2) is 12.8. The molecule has 1 heterocycles. The molecule has 1 fully saturated rings. The maximum atomic E-state index is 13.6. The van der Waals surface area contributed by atoms with E-state index in [0.29, 0.717) is 4.90 Å². The third-order valence-corrected chi connectivity index (χ3v) is 6.15. The van der Waals surface area contributed by atoms with Gasteiger partial charge in [0.15, 0.2) is 17.4 Å². The quantitative estimate of drug-likeness (QED) is 0.320. The Morgan fingerprint density at radius 2 is 1.64 bits per heavy atom. The maximum Gasteiger partial charge on any atom is 0.418 e. The Kier molecular flexibility index (Phi) is 10.4. The number of hydrogen-bond donors (Lipinski definition) is 1. The molecule has 1 aromatic carbocycles. The van der Waals surface area contributed by atoms with Crippen LogP contribution in [0.5, 0.6) is 5.75 Å². The van der Waals surface area contributed by atoms with Gasteiger partial charge in [-0.2, -0.15) is 0 Å². The highest BCUT2D eigenvalue weighted by molar-refractivity contribution is 6.19. The number of rotatable bonds is 10. The van der Waals surface area contributed by atoms with Gasteiger partial charge in [-0.1, -0.05) is 20.8 Å². The molecule has 1 N–H and O–H groups in total. The number of carbonyl (C=O) groups is 6. The average Bonchev–Trinajstić information content (AvgIpc) is 3.04. The Hall–Kier alpha value is -4.16. The number of carbonyl (C=O) groups excluding carboxylic acids is 6. The van der Waals surface area contributed by atoms with Crippen molar-refractivity contribution in [1.82, 2.24) is 14.7 Å². The van der Waals surface area contributed by atoms with Crippen LogP contribution in [0.1, 0.15) is 65.7 Å². The van der Waals surface area contributed by atoms with Gasteiger partial charge in [0.05, 0.1) is 23.9 Å². The van der Waals surface area contributed by atoms with Crippen molar-refractivity contribution in [3.8, 4) is 5.75 Å². The van der Waals surface area contributed by atoms with E-state index in [1.165, 1.54) is 41.8 Å². The minimum Gasteiger partial charge on any atom is -0.489 e. The number of ketones is 1. The van der Waals surface area contributed by atoms with Crippen LogP contribution in [-0.4, -0.2) is 102 Å². The summed E-state index contributed by atoms with van der Waals surface area (Å²) in [7, 11) is 4.82. The molecule has 13 heteroatoms. The summed E-state index contributed by atoms with van der Waals surface area (Å²) in [6.45, 7) is 12.7. The first-order chi connectivity index (χ1) is 19.2. The van der Waals surface area contributed by atoms with E-state index in [1.54, 1.807) is 62.7 Å². The van der Waals surface area contributed by atoms with Crippen LogP contribution < -0.4 is 10.1 Å². The second-order valence-electron chi connectivity index (χ2n) is 12.2. The van der Waals surface area contributed by atoms with Crippen molar-refractivity contribution in [2.75, 3.05) is 33.0 Å². The van der Waals surface area contributed by atoms with Gasteiger partial charge in [-0.05, 0) is 52.8 Å². The van der Waals surface area contributed by atoms with Crippen LogP contribution in [0.25, 0.3) is 0 Å². The fourth-order valence-electron chi connectivity index (χ4n) is 4.07. The highest BCUT2D eigenvalue weighted by atomic mass is 16.6. The van der Waals surface area contributed by atoms with Gasteiger partial charge in [-0.3, -0.25) is 14.4 Å². The monoisotopic (exact) mass is 590 g/mol. The number of urea groups is 1. The Balaban J connectivity index is 2.37. The Morgan fingerprint density at radius 3 is 2.12 bits per heavy atom. The SMILES string of the molecule is CC(C)Oc1cc(C(=O)OC(C)CN(C)C(=O)N(C)C)ccc1NC(=O)C(C(=O)C(C)(C)C)N1C(=O)OC(C)(C)C1=O. The lowest BCUT2D eigenvalue weighted by Gasteiger charge is -2.29. The van der Waals surface area contributed by atoms with Crippen molar-refractivity contribution < 1.29 is 43.0 Å². The zero-order valence-electron chi connectivity index (χ0n) is 26.2. The summed E-state index contributed by atoms with van der Waals surface area (Å²) >= 11 is 0. The van der Waals surface area contributed by atoms with Gasteiger partial charge in [0, 0.05) is 26.6 Å². The molecule has 0 aromatic heterocycles. The van der Waals surface area contributed by atoms with Crippen molar-refractivity contribution in [2.24, 2.45) is 5.41 Å². The Bertz CT molecular complexity index is 1250. The average molecular weight is 591 g/mol. The molecule has 232 valence electrons. The summed E-state index contributed by atoms with van der Waals surface area (Å²) in [5.74, 6) is -3.05. The highest BCUT2D eigenvalue weighted by Gasteiger charge is 2.55. The molecule has 1 aromatic rings. The van der Waals surface area contributed by atoms with Crippen molar-refractivity contribution in [1.29, 1.82) is 0 Å². The van der Waals surface area contributed by atoms with Crippen LogP contribution in [-0.2, 0) is 23.9 Å². The first-order valence-corrected chi connectivity index (χ1v) is 13.5. The second-order valence-corrected chi connectivity index (χ2v) is 12.2. The number of benzene rings is 1. The first-order valence-electron chi connectivity index (χ1n) is 13.5. The fourth-order valence-corrected chi connectivity index (χ4v) is 4.07. The summed E-state index contributed by atoms with van der Waals surface area (Å²) in [6, 6.07) is 2.10. The topological polar surface area (TPSA) is 152 Å². The molecule has 1 aliphatic rings. The van der Waals surface area contributed by atoms with Crippen molar-refractivity contribution in [3.63, 3.8) is 0 Å². The number of cyclic esters (lactones) is 1. The van der Waals surface area contributed by atoms with E-state index in [4.69, 9.17) is 14.2 Å². The maximum absolute atomic E-state index is 13.6. The van der Waals surface area contributed by atoms with Gasteiger partial charge >= 0.3 is 18.1 Å². The van der Waals surface area contributed by atoms with Gasteiger partial charge in [-0.25, -0.2) is 19.3 Å². The zero-order chi connectivity index (χ0) is 32.3. The summed E-state index contributed by atoms with van der Waals surface area (Å²) in [6.07, 6.45) is -2.11. The number of ether oxygens (including phenoxy) is 3. The molecule has 13 nitrogen and oxygen atoms in total. The van der Waals surface area contributed by atoms with Gasteiger partial charge in [0.25, 0.3) is 11.8 Å². The highest BCUT2D eigenvalue weighted by Crippen LogP contribution is 2.32. The van der Waals surface area contributed by atoms with E-state index in [0.717, 1.165) is 0 Å². The van der Waals surface area contributed by atoms with E-state index < -0.39 is 52.8 Å². The smallest absolute Gasteiger partial charge is 0.418 e. The predicted molar refractivity (Wildman–Crippen MR) is 153 cm³/mol. The minimum absolute atomic E-state index is 0.0953. The number of imide groups is 1. The molecule has 0 radical (unpaired) electrons. The number of hydrogen-bond acceptors (Lipinski definition) is 9. The molecular weight excluding hydrogens is 548 g/mol. The zero-order valence-corrected chi connectivity index (χ0v) is 26.2. The number of Topliss-reactive ketones (excluding diaryl/α,β-unsaturated/α-hetero) is 1. The third-order valence-electron chi connectivity index (χ3n) is 6.15. The number of amides is 5. The lowest BCUT2D eigenvalue weighted by atomic mass is 9.85. The van der Waals surface area contributed by atoms with Gasteiger partial charge in [0.2, 0.25) is 0 Å². The fraction of sp³-hybridized carbons (Fsp3) is 0.586. The number of esters is 1. The third kappa shape index (κ3) is 7.98. The normalized spacial score (nSPS) is 16.0. The number of anilines is 1.